The second-order valence-electron chi connectivity index (χ2n) is 5.89. The Labute approximate surface area is 164 Å². The van der Waals surface area contributed by atoms with Gasteiger partial charge in [0.25, 0.3) is 0 Å². The summed E-state index contributed by atoms with van der Waals surface area (Å²) in [5, 5.41) is 4.25. The normalized spacial score (nSPS) is 15.0. The van der Waals surface area contributed by atoms with Crippen LogP contribution < -0.4 is 5.32 Å². The van der Waals surface area contributed by atoms with Crippen LogP contribution in [0.4, 0.5) is 5.13 Å². The first-order valence-electron chi connectivity index (χ1n) is 8.14. The highest BCUT2D eigenvalue weighted by atomic mass is 32.2. The lowest BCUT2D eigenvalue weighted by Crippen LogP contribution is -2.14. The van der Waals surface area contributed by atoms with Gasteiger partial charge in [-0.1, -0.05) is 17.4 Å². The first-order valence-corrected chi connectivity index (χ1v) is 10.9. The quantitative estimate of drug-likeness (QED) is 0.580. The summed E-state index contributed by atoms with van der Waals surface area (Å²) in [6.45, 7) is 5.47. The number of aryl methyl sites for hydroxylation is 1. The number of carbonyl (C=O) groups is 2. The molecule has 1 aliphatic rings. The van der Waals surface area contributed by atoms with E-state index in [2.05, 4.69) is 21.4 Å². The summed E-state index contributed by atoms with van der Waals surface area (Å²) in [5.74, 6) is 1.11. The second-order valence-corrected chi connectivity index (χ2v) is 9.19. The maximum atomic E-state index is 12.2. The van der Waals surface area contributed by atoms with Crippen molar-refractivity contribution in [3.63, 3.8) is 0 Å². The van der Waals surface area contributed by atoms with Gasteiger partial charge in [-0.2, -0.15) is 0 Å². The molecule has 1 aromatic heterocycles. The Morgan fingerprint density at radius 2 is 2.15 bits per heavy atom. The number of aromatic nitrogens is 1. The largest absolute Gasteiger partial charge is 0.301 e. The van der Waals surface area contributed by atoms with E-state index in [1.807, 2.05) is 26.0 Å². The molecule has 0 unspecified atom stereocenters. The Bertz CT molecular complexity index is 931. The fourth-order valence-corrected chi connectivity index (χ4v) is 5.08. The molecule has 0 spiro atoms. The van der Waals surface area contributed by atoms with Crippen molar-refractivity contribution < 1.29 is 9.59 Å². The standard InChI is InChI=1S/C18H19N3O2S3/c1-10-4-5-13-15(8-10)26-18(20-13)21-16(23)9-25-12(3)19-14-6-7-24-17(14)11(2)22/h4-5,8H,6-7,9H2,1-3H3,(H,20,21,23). The highest BCUT2D eigenvalue weighted by molar-refractivity contribution is 8.14. The van der Waals surface area contributed by atoms with Crippen molar-refractivity contribution in [2.75, 3.05) is 16.8 Å². The van der Waals surface area contributed by atoms with Crippen LogP contribution in [0, 0.1) is 6.92 Å². The number of hydrogen-bond acceptors (Lipinski definition) is 7. The first kappa shape index (κ1) is 19.1. The van der Waals surface area contributed by atoms with Crippen molar-refractivity contribution in [3.05, 3.63) is 34.4 Å². The van der Waals surface area contributed by atoms with Gasteiger partial charge in [0.1, 0.15) is 0 Å². The number of carbonyl (C=O) groups excluding carboxylic acids is 2. The van der Waals surface area contributed by atoms with Crippen LogP contribution in [-0.4, -0.2) is 33.2 Å². The third kappa shape index (κ3) is 4.75. The average Bonchev–Trinajstić information content (AvgIpc) is 3.18. The molecule has 8 heteroatoms. The zero-order valence-corrected chi connectivity index (χ0v) is 17.2. The van der Waals surface area contributed by atoms with Crippen molar-refractivity contribution in [3.8, 4) is 0 Å². The highest BCUT2D eigenvalue weighted by Crippen LogP contribution is 2.33. The Hall–Kier alpha value is -1.64. The van der Waals surface area contributed by atoms with Gasteiger partial charge in [0.2, 0.25) is 5.91 Å². The van der Waals surface area contributed by atoms with Gasteiger partial charge in [-0.3, -0.25) is 9.59 Å². The smallest absolute Gasteiger partial charge is 0.236 e. The van der Waals surface area contributed by atoms with Crippen molar-refractivity contribution in [1.82, 2.24) is 4.98 Å². The van der Waals surface area contributed by atoms with Crippen LogP contribution in [0.15, 0.2) is 33.8 Å². The van der Waals surface area contributed by atoms with Crippen molar-refractivity contribution >= 4 is 66.9 Å². The number of aliphatic imine (C=N–C) groups is 1. The number of anilines is 1. The number of allylic oxidation sites excluding steroid dienone is 2. The summed E-state index contributed by atoms with van der Waals surface area (Å²) in [5.41, 5.74) is 2.91. The fourth-order valence-electron chi connectivity index (χ4n) is 2.49. The highest BCUT2D eigenvalue weighted by Gasteiger charge is 2.18. The van der Waals surface area contributed by atoms with Crippen LogP contribution in [0.3, 0.4) is 0 Å². The molecule has 26 heavy (non-hydrogen) atoms. The zero-order chi connectivity index (χ0) is 18.7. The number of benzene rings is 1. The molecule has 1 aliphatic heterocycles. The molecule has 136 valence electrons. The zero-order valence-electron chi connectivity index (χ0n) is 14.8. The number of hydrogen-bond donors (Lipinski definition) is 1. The molecule has 0 aliphatic carbocycles. The molecule has 0 atom stereocenters. The van der Waals surface area contributed by atoms with E-state index in [0.717, 1.165) is 38.0 Å². The molecule has 0 saturated heterocycles. The number of fused-ring (bicyclic) bond motifs is 1. The lowest BCUT2D eigenvalue weighted by atomic mass is 10.2. The van der Waals surface area contributed by atoms with Gasteiger partial charge in [-0.15, -0.1) is 23.5 Å². The van der Waals surface area contributed by atoms with Gasteiger partial charge < -0.3 is 5.32 Å². The van der Waals surface area contributed by atoms with Crippen LogP contribution >= 0.6 is 34.9 Å². The van der Waals surface area contributed by atoms with Gasteiger partial charge in [-0.05, 0) is 38.5 Å². The van der Waals surface area contributed by atoms with Crippen molar-refractivity contribution in [2.45, 2.75) is 27.2 Å². The SMILES string of the molecule is CC(=O)C1=C(N=C(C)SCC(=O)Nc2nc3ccc(C)cc3s2)CCS1. The maximum absolute atomic E-state index is 12.2. The molecular formula is C18H19N3O2S3. The number of thiazole rings is 1. The monoisotopic (exact) mass is 405 g/mol. The summed E-state index contributed by atoms with van der Waals surface area (Å²) >= 11 is 4.40. The van der Waals surface area contributed by atoms with E-state index in [9.17, 15) is 9.59 Å². The van der Waals surface area contributed by atoms with E-state index in [0.29, 0.717) is 5.13 Å². The Morgan fingerprint density at radius 3 is 2.92 bits per heavy atom. The Balaban J connectivity index is 1.58. The van der Waals surface area contributed by atoms with Crippen LogP contribution in [0.25, 0.3) is 10.2 Å². The molecule has 0 radical (unpaired) electrons. The number of nitrogens with one attached hydrogen (secondary N) is 1. The number of amides is 1. The number of thioether (sulfide) groups is 2. The van der Waals surface area contributed by atoms with Crippen molar-refractivity contribution in [2.24, 2.45) is 4.99 Å². The molecule has 2 heterocycles. The molecule has 0 fully saturated rings. The van der Waals surface area contributed by atoms with Crippen LogP contribution in [0.5, 0.6) is 0 Å². The predicted molar refractivity (Wildman–Crippen MR) is 113 cm³/mol. The lowest BCUT2D eigenvalue weighted by Gasteiger charge is -2.03. The summed E-state index contributed by atoms with van der Waals surface area (Å²) in [4.78, 5) is 33.5. The van der Waals surface area contributed by atoms with E-state index < -0.39 is 0 Å². The molecule has 5 nitrogen and oxygen atoms in total. The van der Waals surface area contributed by atoms with Crippen LogP contribution in [-0.2, 0) is 9.59 Å². The van der Waals surface area contributed by atoms with Gasteiger partial charge in [0.15, 0.2) is 10.9 Å². The molecule has 1 N–H and O–H groups in total. The third-order valence-corrected chi connectivity index (χ3v) is 6.73. The molecule has 1 amide bonds. The van der Waals surface area contributed by atoms with Crippen LogP contribution in [0.2, 0.25) is 0 Å². The first-order chi connectivity index (χ1) is 12.4. The summed E-state index contributed by atoms with van der Waals surface area (Å²) in [6.07, 6.45) is 0.800. The average molecular weight is 406 g/mol. The summed E-state index contributed by atoms with van der Waals surface area (Å²) in [6, 6.07) is 6.03. The maximum Gasteiger partial charge on any atom is 0.236 e. The van der Waals surface area contributed by atoms with E-state index in [1.54, 1.807) is 18.7 Å². The van der Waals surface area contributed by atoms with E-state index in [1.165, 1.54) is 28.7 Å². The van der Waals surface area contributed by atoms with E-state index >= 15 is 0 Å². The molecule has 0 bridgehead atoms. The van der Waals surface area contributed by atoms with Gasteiger partial charge in [0, 0.05) is 12.2 Å². The summed E-state index contributed by atoms with van der Waals surface area (Å²) < 4.78 is 1.06. The molecule has 3 rings (SSSR count). The summed E-state index contributed by atoms with van der Waals surface area (Å²) in [7, 11) is 0. The molecule has 0 saturated carbocycles. The van der Waals surface area contributed by atoms with Gasteiger partial charge in [-0.25, -0.2) is 9.98 Å². The topological polar surface area (TPSA) is 71.4 Å². The van der Waals surface area contributed by atoms with Gasteiger partial charge in [0.05, 0.1) is 31.6 Å². The third-order valence-electron chi connectivity index (χ3n) is 3.66. The minimum Gasteiger partial charge on any atom is -0.301 e. The molecule has 2 aromatic rings. The van der Waals surface area contributed by atoms with Crippen LogP contribution in [0.1, 0.15) is 25.8 Å². The Morgan fingerprint density at radius 1 is 1.35 bits per heavy atom. The molecule has 1 aromatic carbocycles. The fraction of sp³-hybridized carbons (Fsp3) is 0.333. The van der Waals surface area contributed by atoms with E-state index in [-0.39, 0.29) is 17.4 Å². The number of nitrogens with zero attached hydrogens (tertiary/aromatic N) is 2. The molecular weight excluding hydrogens is 386 g/mol. The van der Waals surface area contributed by atoms with Crippen molar-refractivity contribution in [1.29, 1.82) is 0 Å². The van der Waals surface area contributed by atoms with Gasteiger partial charge >= 0.3 is 0 Å². The lowest BCUT2D eigenvalue weighted by molar-refractivity contribution is -0.114. The number of ketones is 1. The second kappa shape index (κ2) is 8.37. The predicted octanol–water partition coefficient (Wildman–Crippen LogP) is 4.63. The minimum absolute atomic E-state index is 0.0628. The minimum atomic E-state index is -0.109. The number of Topliss-reactive ketones (excluding diaryl/α,β-unsaturated/α-hetero) is 1. The number of rotatable bonds is 5. The Kier molecular flexibility index (Phi) is 6.16. The van der Waals surface area contributed by atoms with E-state index in [4.69, 9.17) is 0 Å².